The maximum atomic E-state index is 6.03. The molecule has 2 aromatic carbocycles. The quantitative estimate of drug-likeness (QED) is 0.618. The number of nitrogens with one attached hydrogen (secondary N) is 1. The monoisotopic (exact) mass is 374 g/mol. The minimum absolute atomic E-state index is 0.185. The summed E-state index contributed by atoms with van der Waals surface area (Å²) >= 11 is 15.5. The lowest BCUT2D eigenvalue weighted by Crippen LogP contribution is -2.28. The fourth-order valence-electron chi connectivity index (χ4n) is 1.93. The third kappa shape index (κ3) is 3.27. The lowest BCUT2D eigenvalue weighted by molar-refractivity contribution is 0.414. The fraction of sp³-hybridized carbons (Fsp3) is 0.143. The van der Waals surface area contributed by atoms with Crippen LogP contribution in [0.4, 0.5) is 0 Å². The summed E-state index contributed by atoms with van der Waals surface area (Å²) in [4.78, 5) is 0. The van der Waals surface area contributed by atoms with Gasteiger partial charge in [-0.05, 0) is 51.3 Å². The van der Waals surface area contributed by atoms with E-state index >= 15 is 0 Å². The number of ether oxygens (including phenoxy) is 1. The molecular weight excluding hydrogens is 363 g/mol. The second-order valence-corrected chi connectivity index (χ2v) is 5.84. The Labute approximate surface area is 136 Å². The average Bonchev–Trinajstić information content (AvgIpc) is 2.45. The van der Waals surface area contributed by atoms with Crippen LogP contribution >= 0.6 is 39.1 Å². The number of hydrazine groups is 1. The molecule has 0 bridgehead atoms. The molecule has 0 radical (unpaired) electrons. The van der Waals surface area contributed by atoms with E-state index in [-0.39, 0.29) is 6.04 Å². The van der Waals surface area contributed by atoms with Crippen molar-refractivity contribution in [2.24, 2.45) is 5.84 Å². The molecule has 0 aromatic heterocycles. The number of nitrogens with two attached hydrogens (primary N) is 1. The molecule has 0 amide bonds. The zero-order valence-corrected chi connectivity index (χ0v) is 13.8. The van der Waals surface area contributed by atoms with E-state index < -0.39 is 0 Å². The molecule has 3 nitrogen and oxygen atoms in total. The Kier molecular flexibility index (Phi) is 5.29. The van der Waals surface area contributed by atoms with E-state index in [4.69, 9.17) is 33.8 Å². The van der Waals surface area contributed by atoms with Crippen LogP contribution in [0, 0.1) is 0 Å². The molecule has 0 fully saturated rings. The maximum absolute atomic E-state index is 6.03. The van der Waals surface area contributed by atoms with Crippen molar-refractivity contribution in [3.8, 4) is 5.75 Å². The summed E-state index contributed by atoms with van der Waals surface area (Å²) < 4.78 is 6.05. The number of hydrogen-bond acceptors (Lipinski definition) is 3. The van der Waals surface area contributed by atoms with Gasteiger partial charge < -0.3 is 4.74 Å². The number of rotatable bonds is 4. The number of hydrogen-bond donors (Lipinski definition) is 2. The summed E-state index contributed by atoms with van der Waals surface area (Å²) in [5, 5.41) is 1.21. The van der Waals surface area contributed by atoms with Gasteiger partial charge in [-0.2, -0.15) is 0 Å². The molecule has 0 heterocycles. The topological polar surface area (TPSA) is 47.3 Å². The Hall–Kier alpha value is -0.780. The van der Waals surface area contributed by atoms with Crippen molar-refractivity contribution in [1.82, 2.24) is 5.43 Å². The molecule has 0 saturated heterocycles. The van der Waals surface area contributed by atoms with Crippen LogP contribution in [0.15, 0.2) is 40.9 Å². The van der Waals surface area contributed by atoms with Crippen LogP contribution in [0.5, 0.6) is 5.75 Å². The molecule has 3 N–H and O–H groups in total. The van der Waals surface area contributed by atoms with Crippen molar-refractivity contribution in [1.29, 1.82) is 0 Å². The fourth-order valence-corrected chi connectivity index (χ4v) is 2.64. The average molecular weight is 376 g/mol. The van der Waals surface area contributed by atoms with Crippen LogP contribution in [-0.4, -0.2) is 7.11 Å². The van der Waals surface area contributed by atoms with Crippen molar-refractivity contribution in [3.05, 3.63) is 62.0 Å². The van der Waals surface area contributed by atoms with Crippen molar-refractivity contribution in [2.75, 3.05) is 7.11 Å². The van der Waals surface area contributed by atoms with Gasteiger partial charge in [0, 0.05) is 4.47 Å². The van der Waals surface area contributed by atoms with E-state index in [0.717, 1.165) is 15.6 Å². The molecule has 0 saturated carbocycles. The highest BCUT2D eigenvalue weighted by atomic mass is 79.9. The van der Waals surface area contributed by atoms with Gasteiger partial charge in [-0.3, -0.25) is 5.84 Å². The van der Waals surface area contributed by atoms with Gasteiger partial charge in [-0.25, -0.2) is 5.43 Å². The Morgan fingerprint density at radius 2 is 1.70 bits per heavy atom. The van der Waals surface area contributed by atoms with Gasteiger partial charge in [-0.15, -0.1) is 0 Å². The molecule has 106 valence electrons. The smallest absolute Gasteiger partial charge is 0.137 e. The number of benzene rings is 2. The molecule has 20 heavy (non-hydrogen) atoms. The summed E-state index contributed by atoms with van der Waals surface area (Å²) in [6.45, 7) is 0. The van der Waals surface area contributed by atoms with Crippen molar-refractivity contribution in [2.45, 2.75) is 6.04 Å². The van der Waals surface area contributed by atoms with Crippen LogP contribution in [0.3, 0.4) is 0 Å². The van der Waals surface area contributed by atoms with E-state index in [1.807, 2.05) is 30.3 Å². The normalized spacial score (nSPS) is 12.2. The van der Waals surface area contributed by atoms with Gasteiger partial charge in [0.1, 0.15) is 5.75 Å². The molecule has 2 rings (SSSR count). The Balaban J connectivity index is 2.43. The molecule has 0 spiro atoms. The van der Waals surface area contributed by atoms with Crippen LogP contribution in [-0.2, 0) is 0 Å². The third-order valence-corrected chi connectivity index (χ3v) is 4.48. The van der Waals surface area contributed by atoms with Crippen LogP contribution < -0.4 is 16.0 Å². The lowest BCUT2D eigenvalue weighted by atomic mass is 9.99. The molecule has 6 heteroatoms. The standard InChI is InChI=1S/C14H13BrCl2N2O/c1-20-13-7-9(3-5-12(13)17)14(19-18)8-2-4-11(16)10(15)6-8/h2-7,14,19H,18H2,1H3. The van der Waals surface area contributed by atoms with E-state index in [0.29, 0.717) is 15.8 Å². The number of halogens is 3. The predicted molar refractivity (Wildman–Crippen MR) is 86.3 cm³/mol. The van der Waals surface area contributed by atoms with Gasteiger partial charge in [0.05, 0.1) is 23.2 Å². The van der Waals surface area contributed by atoms with Gasteiger partial charge in [-0.1, -0.05) is 35.3 Å². The minimum atomic E-state index is -0.185. The highest BCUT2D eigenvalue weighted by Gasteiger charge is 2.15. The van der Waals surface area contributed by atoms with Gasteiger partial charge >= 0.3 is 0 Å². The molecule has 0 aliphatic rings. The Morgan fingerprint density at radius 3 is 2.25 bits per heavy atom. The number of methoxy groups -OCH3 is 1. The Bertz CT molecular complexity index is 622. The van der Waals surface area contributed by atoms with Gasteiger partial charge in [0.2, 0.25) is 0 Å². The predicted octanol–water partition coefficient (Wildman–Crippen LogP) is 4.32. The molecule has 2 aromatic rings. The van der Waals surface area contributed by atoms with E-state index in [1.165, 1.54) is 0 Å². The zero-order chi connectivity index (χ0) is 14.7. The SMILES string of the molecule is COc1cc(C(NN)c2ccc(Cl)c(Br)c2)ccc1Cl. The molecule has 1 atom stereocenters. The first-order chi connectivity index (χ1) is 9.56. The van der Waals surface area contributed by atoms with E-state index in [1.54, 1.807) is 13.2 Å². The van der Waals surface area contributed by atoms with Gasteiger partial charge in [0.25, 0.3) is 0 Å². The molecule has 0 aliphatic carbocycles. The van der Waals surface area contributed by atoms with E-state index in [9.17, 15) is 0 Å². The minimum Gasteiger partial charge on any atom is -0.495 e. The maximum Gasteiger partial charge on any atom is 0.137 e. The summed E-state index contributed by atoms with van der Waals surface area (Å²) in [7, 11) is 1.58. The van der Waals surface area contributed by atoms with Crippen molar-refractivity contribution < 1.29 is 4.74 Å². The van der Waals surface area contributed by atoms with Crippen LogP contribution in [0.1, 0.15) is 17.2 Å². The van der Waals surface area contributed by atoms with Crippen molar-refractivity contribution in [3.63, 3.8) is 0 Å². The van der Waals surface area contributed by atoms with Gasteiger partial charge in [0.15, 0.2) is 0 Å². The zero-order valence-electron chi connectivity index (χ0n) is 10.7. The highest BCUT2D eigenvalue weighted by molar-refractivity contribution is 9.10. The first-order valence-electron chi connectivity index (χ1n) is 5.81. The van der Waals surface area contributed by atoms with Crippen molar-refractivity contribution >= 4 is 39.1 Å². The first-order valence-corrected chi connectivity index (χ1v) is 7.36. The van der Waals surface area contributed by atoms with Crippen LogP contribution in [0.25, 0.3) is 0 Å². The largest absolute Gasteiger partial charge is 0.495 e. The second-order valence-electron chi connectivity index (χ2n) is 4.17. The lowest BCUT2D eigenvalue weighted by Gasteiger charge is -2.18. The second kappa shape index (κ2) is 6.78. The highest BCUT2D eigenvalue weighted by Crippen LogP contribution is 2.32. The molecule has 0 aliphatic heterocycles. The van der Waals surface area contributed by atoms with Crippen LogP contribution in [0.2, 0.25) is 10.0 Å². The first kappa shape index (κ1) is 15.6. The summed E-state index contributed by atoms with van der Waals surface area (Å²) in [6.07, 6.45) is 0. The summed E-state index contributed by atoms with van der Waals surface area (Å²) in [6, 6.07) is 11.0. The summed E-state index contributed by atoms with van der Waals surface area (Å²) in [5.41, 5.74) is 4.72. The summed E-state index contributed by atoms with van der Waals surface area (Å²) in [5.74, 6) is 6.29. The van der Waals surface area contributed by atoms with E-state index in [2.05, 4.69) is 21.4 Å². The Morgan fingerprint density at radius 1 is 1.10 bits per heavy atom. The third-order valence-electron chi connectivity index (χ3n) is 2.95. The molecular formula is C14H13BrCl2N2O. The molecule has 1 unspecified atom stereocenters.